The summed E-state index contributed by atoms with van der Waals surface area (Å²) in [6.45, 7) is 4.11. The minimum Gasteiger partial charge on any atom is -0.386 e. The van der Waals surface area contributed by atoms with E-state index in [0.717, 1.165) is 25.7 Å². The maximum absolute atomic E-state index is 14.1. The van der Waals surface area contributed by atoms with Crippen LogP contribution in [0.15, 0.2) is 94.6 Å². The van der Waals surface area contributed by atoms with Crippen LogP contribution in [0, 0.1) is 5.92 Å². The molecule has 5 heteroatoms. The first-order valence-electron chi connectivity index (χ1n) is 13.1. The number of ketones is 2. The molecule has 0 bridgehead atoms. The number of benzene rings is 2. The van der Waals surface area contributed by atoms with Gasteiger partial charge in [0.2, 0.25) is 0 Å². The molecule has 1 aliphatic carbocycles. The molecule has 0 saturated heterocycles. The summed E-state index contributed by atoms with van der Waals surface area (Å²) in [5.41, 5.74) is 2.88. The summed E-state index contributed by atoms with van der Waals surface area (Å²) in [6, 6.07) is 17.8. The molecule has 0 saturated carbocycles. The Bertz CT molecular complexity index is 1300. The third-order valence-electron chi connectivity index (χ3n) is 6.97. The zero-order chi connectivity index (χ0) is 26.4. The fraction of sp³-hybridized carbons (Fsp3) is 0.312. The van der Waals surface area contributed by atoms with E-state index < -0.39 is 17.9 Å². The van der Waals surface area contributed by atoms with Crippen molar-refractivity contribution in [2.75, 3.05) is 0 Å². The first-order chi connectivity index (χ1) is 18.0. The van der Waals surface area contributed by atoms with E-state index in [1.165, 1.54) is 0 Å². The summed E-state index contributed by atoms with van der Waals surface area (Å²) >= 11 is 0. The van der Waals surface area contributed by atoms with E-state index in [1.54, 1.807) is 48.5 Å². The van der Waals surface area contributed by atoms with Crippen LogP contribution < -0.4 is 0 Å². The lowest BCUT2D eigenvalue weighted by molar-refractivity contribution is -0.151. The summed E-state index contributed by atoms with van der Waals surface area (Å²) < 4.78 is 5.11. The van der Waals surface area contributed by atoms with Crippen molar-refractivity contribution in [3.05, 3.63) is 106 Å². The van der Waals surface area contributed by atoms with Crippen LogP contribution in [0.25, 0.3) is 0 Å². The molecule has 5 nitrogen and oxygen atoms in total. The molecule has 2 aromatic carbocycles. The topological polar surface area (TPSA) is 77.5 Å². The molecule has 1 atom stereocenters. The van der Waals surface area contributed by atoms with Crippen molar-refractivity contribution < 1.29 is 23.9 Å². The highest BCUT2D eigenvalue weighted by Gasteiger charge is 2.46. The summed E-state index contributed by atoms with van der Waals surface area (Å²) in [5.74, 6) is -2.30. The first-order valence-corrected chi connectivity index (χ1v) is 13.1. The Balaban J connectivity index is 1.95. The molecule has 1 unspecified atom stereocenters. The summed E-state index contributed by atoms with van der Waals surface area (Å²) in [7, 11) is 0. The molecule has 0 N–H and O–H groups in total. The Labute approximate surface area is 217 Å². The van der Waals surface area contributed by atoms with Crippen LogP contribution in [0.5, 0.6) is 0 Å². The number of allylic oxidation sites excluding steroid dienone is 3. The number of esters is 2. The number of hydrogen-bond donors (Lipinski definition) is 0. The largest absolute Gasteiger partial charge is 0.386 e. The quantitative estimate of drug-likeness (QED) is 0.149. The molecule has 2 aliphatic rings. The summed E-state index contributed by atoms with van der Waals surface area (Å²) in [6.07, 6.45) is 6.46. The number of hydrogen-bond acceptors (Lipinski definition) is 5. The van der Waals surface area contributed by atoms with Gasteiger partial charge in [-0.05, 0) is 24.0 Å². The van der Waals surface area contributed by atoms with Gasteiger partial charge in [0.15, 0.2) is 11.6 Å². The van der Waals surface area contributed by atoms with Crippen molar-refractivity contribution in [1.29, 1.82) is 0 Å². The van der Waals surface area contributed by atoms with Crippen molar-refractivity contribution in [2.45, 2.75) is 58.8 Å². The maximum Gasteiger partial charge on any atom is 0.347 e. The van der Waals surface area contributed by atoms with Gasteiger partial charge in [-0.3, -0.25) is 9.59 Å². The zero-order valence-electron chi connectivity index (χ0n) is 21.4. The number of unbranched alkanes of at least 4 members (excludes halogenated alkanes) is 3. The van der Waals surface area contributed by atoms with Crippen LogP contribution in [0.4, 0.5) is 0 Å². The van der Waals surface area contributed by atoms with E-state index in [2.05, 4.69) is 6.92 Å². The van der Waals surface area contributed by atoms with Gasteiger partial charge < -0.3 is 4.74 Å². The minimum absolute atomic E-state index is 0.0182. The molecular weight excluding hydrogens is 464 g/mol. The van der Waals surface area contributed by atoms with Gasteiger partial charge in [0, 0.05) is 29.0 Å². The van der Waals surface area contributed by atoms with Gasteiger partial charge in [-0.15, -0.1) is 0 Å². The molecule has 4 rings (SSSR count). The van der Waals surface area contributed by atoms with E-state index in [0.29, 0.717) is 46.3 Å². The molecule has 1 heterocycles. The van der Waals surface area contributed by atoms with Gasteiger partial charge in [-0.1, -0.05) is 106 Å². The molecule has 190 valence electrons. The molecule has 37 heavy (non-hydrogen) atoms. The average molecular weight is 497 g/mol. The average Bonchev–Trinajstić information content (AvgIpc) is 3.22. The van der Waals surface area contributed by atoms with E-state index in [-0.39, 0.29) is 23.6 Å². The Hall–Kier alpha value is -3.86. The molecule has 1 aliphatic heterocycles. The molecule has 2 aromatic rings. The lowest BCUT2D eigenvalue weighted by Crippen LogP contribution is -2.26. The number of ether oxygens (including phenoxy) is 1. The van der Waals surface area contributed by atoms with Crippen molar-refractivity contribution >= 4 is 23.5 Å². The fourth-order valence-electron chi connectivity index (χ4n) is 5.11. The second-order valence-corrected chi connectivity index (χ2v) is 9.48. The van der Waals surface area contributed by atoms with Crippen molar-refractivity contribution in [3.63, 3.8) is 0 Å². The predicted octanol–water partition coefficient (Wildman–Crippen LogP) is 6.76. The fourth-order valence-corrected chi connectivity index (χ4v) is 5.11. The lowest BCUT2D eigenvalue weighted by atomic mass is 9.70. The number of carbonyl (C=O) groups is 4. The molecule has 0 aromatic heterocycles. The van der Waals surface area contributed by atoms with E-state index in [4.69, 9.17) is 4.74 Å². The predicted molar refractivity (Wildman–Crippen MR) is 142 cm³/mol. The van der Waals surface area contributed by atoms with Crippen LogP contribution in [-0.2, 0) is 14.3 Å². The molecule has 0 radical (unpaired) electrons. The van der Waals surface area contributed by atoms with Gasteiger partial charge in [0.25, 0.3) is 0 Å². The minimum atomic E-state index is -0.712. The van der Waals surface area contributed by atoms with Crippen LogP contribution >= 0.6 is 0 Å². The number of Topliss-reactive ketones (excluding diaryl/α,β-unsaturated/α-hetero) is 2. The summed E-state index contributed by atoms with van der Waals surface area (Å²) in [4.78, 5) is 53.6. The van der Waals surface area contributed by atoms with Gasteiger partial charge in [-0.25, -0.2) is 9.59 Å². The van der Waals surface area contributed by atoms with Crippen LogP contribution in [-0.4, -0.2) is 23.5 Å². The molecule has 0 fully saturated rings. The number of carbonyl (C=O) groups excluding carboxylic acids is 4. The molecule has 0 spiro atoms. The Morgan fingerprint density at radius 1 is 0.838 bits per heavy atom. The monoisotopic (exact) mass is 496 g/mol. The highest BCUT2D eigenvalue weighted by Crippen LogP contribution is 2.47. The van der Waals surface area contributed by atoms with Crippen molar-refractivity contribution in [2.24, 2.45) is 5.92 Å². The lowest BCUT2D eigenvalue weighted by Gasteiger charge is -2.30. The molecule has 0 amide bonds. The zero-order valence-corrected chi connectivity index (χ0v) is 21.4. The van der Waals surface area contributed by atoms with Gasteiger partial charge in [0.1, 0.15) is 0 Å². The van der Waals surface area contributed by atoms with Crippen LogP contribution in [0.3, 0.4) is 0 Å². The SMILES string of the molecule is CCCC/C=C1/C(C(=O)c2ccccc2)=C(CC(=O)c2ccccc2)C(CCCC)C2=C1C(=O)OC2=O. The Morgan fingerprint density at radius 2 is 1.46 bits per heavy atom. The van der Waals surface area contributed by atoms with Gasteiger partial charge >= 0.3 is 11.9 Å². The maximum atomic E-state index is 14.1. The van der Waals surface area contributed by atoms with Gasteiger partial charge in [-0.2, -0.15) is 0 Å². The van der Waals surface area contributed by atoms with Gasteiger partial charge in [0.05, 0.1) is 11.1 Å². The second kappa shape index (κ2) is 11.9. The highest BCUT2D eigenvalue weighted by molar-refractivity contribution is 6.22. The highest BCUT2D eigenvalue weighted by atomic mass is 16.6. The van der Waals surface area contributed by atoms with E-state index in [9.17, 15) is 19.2 Å². The van der Waals surface area contributed by atoms with Crippen LogP contribution in [0.2, 0.25) is 0 Å². The number of cyclic esters (lactones) is 2. The Kier molecular flexibility index (Phi) is 8.44. The van der Waals surface area contributed by atoms with Crippen molar-refractivity contribution in [3.8, 4) is 0 Å². The third-order valence-corrected chi connectivity index (χ3v) is 6.97. The summed E-state index contributed by atoms with van der Waals surface area (Å²) in [5, 5.41) is 0. The third kappa shape index (κ3) is 5.46. The second-order valence-electron chi connectivity index (χ2n) is 9.48. The van der Waals surface area contributed by atoms with E-state index in [1.807, 2.05) is 25.1 Å². The van der Waals surface area contributed by atoms with E-state index >= 15 is 0 Å². The normalized spacial score (nSPS) is 18.3. The Morgan fingerprint density at radius 3 is 2.08 bits per heavy atom. The number of rotatable bonds is 11. The van der Waals surface area contributed by atoms with Crippen LogP contribution in [0.1, 0.15) is 79.5 Å². The van der Waals surface area contributed by atoms with Crippen molar-refractivity contribution in [1.82, 2.24) is 0 Å². The first kappa shape index (κ1) is 26.2. The smallest absolute Gasteiger partial charge is 0.347 e. The standard InChI is InChI=1S/C32H32O5/c1-3-5-9-19-24-27(30(34)22-16-12-8-13-17-22)25(20-26(33)21-14-10-7-11-15-21)23(18-6-4-2)28-29(24)32(36)37-31(28)35/h7-8,10-17,19,23H,3-6,9,18,20H2,1-2H3/b24-19-. The molecular formula is C32H32O5.